The zero-order chi connectivity index (χ0) is 31.2. The fraction of sp³-hybridized carbons (Fsp3) is 0.118. The summed E-state index contributed by atoms with van der Waals surface area (Å²) >= 11 is 1.48. The van der Waals surface area contributed by atoms with Crippen molar-refractivity contribution in [3.8, 4) is 0 Å². The van der Waals surface area contributed by atoms with Crippen molar-refractivity contribution in [2.45, 2.75) is 27.7 Å². The van der Waals surface area contributed by atoms with Crippen LogP contribution in [0.2, 0.25) is 0 Å². The summed E-state index contributed by atoms with van der Waals surface area (Å²) in [6, 6.07) is 28.1. The molecule has 0 saturated heterocycles. The number of hydrogen-bond donors (Lipinski definition) is 0. The number of ketones is 1. The third kappa shape index (κ3) is 6.77. The second-order valence-corrected chi connectivity index (χ2v) is 10.7. The Bertz CT molecular complexity index is 1900. The summed E-state index contributed by atoms with van der Waals surface area (Å²) in [6.07, 6.45) is 0. The summed E-state index contributed by atoms with van der Waals surface area (Å²) in [5, 5.41) is 10.7. The maximum absolute atomic E-state index is 13.1. The molecule has 0 atom stereocenters. The maximum Gasteiger partial charge on any atom is 0.331 e. The highest BCUT2D eigenvalue weighted by Gasteiger charge is 2.20. The molecule has 0 radical (unpaired) electrons. The standard InChI is InChI=1S/C34H28N4O5S/c1-21(36-42-23(3)39)25-10-14-28(15-11-25)38(29-16-12-27(13-17-29)33(41)26-8-6-5-7-9-26)32-20-31(22(2)37-43-24(4)40)35-34-30(32)18-19-44-34/h5-20H,1-4H3/b36-21-,37-22+. The Balaban J connectivity index is 1.62. The molecule has 10 heteroatoms. The second kappa shape index (κ2) is 13.2. The highest BCUT2D eigenvalue weighted by molar-refractivity contribution is 7.16. The van der Waals surface area contributed by atoms with Crippen molar-refractivity contribution in [2.75, 3.05) is 4.90 Å². The van der Waals surface area contributed by atoms with Crippen molar-refractivity contribution in [3.05, 3.63) is 119 Å². The van der Waals surface area contributed by atoms with Gasteiger partial charge in [0.2, 0.25) is 0 Å². The molecule has 3 aromatic carbocycles. The number of hydrogen-bond acceptors (Lipinski definition) is 10. The molecule has 0 amide bonds. The number of rotatable bonds is 9. The highest BCUT2D eigenvalue weighted by Crippen LogP contribution is 2.40. The normalized spacial score (nSPS) is 11.7. The van der Waals surface area contributed by atoms with E-state index in [4.69, 9.17) is 14.7 Å². The summed E-state index contributed by atoms with van der Waals surface area (Å²) in [4.78, 5) is 53.0. The molecule has 0 bridgehead atoms. The predicted molar refractivity (Wildman–Crippen MR) is 172 cm³/mol. The maximum atomic E-state index is 13.1. The van der Waals surface area contributed by atoms with E-state index in [1.54, 1.807) is 26.0 Å². The molecule has 0 saturated carbocycles. The van der Waals surface area contributed by atoms with Crippen LogP contribution < -0.4 is 4.90 Å². The molecular formula is C34H28N4O5S. The van der Waals surface area contributed by atoms with E-state index in [9.17, 15) is 14.4 Å². The Morgan fingerprint density at radius 3 is 1.82 bits per heavy atom. The van der Waals surface area contributed by atoms with Gasteiger partial charge in [-0.3, -0.25) is 4.79 Å². The lowest BCUT2D eigenvalue weighted by molar-refractivity contribution is -0.141. The number of fused-ring (bicyclic) bond motifs is 1. The summed E-state index contributed by atoms with van der Waals surface area (Å²) in [5.41, 5.74) is 5.90. The Hall–Kier alpha value is -5.48. The van der Waals surface area contributed by atoms with Crippen molar-refractivity contribution in [1.82, 2.24) is 4.98 Å². The predicted octanol–water partition coefficient (Wildman–Crippen LogP) is 7.57. The van der Waals surface area contributed by atoms with Crippen LogP contribution in [-0.4, -0.2) is 34.1 Å². The summed E-state index contributed by atoms with van der Waals surface area (Å²) in [5.74, 6) is -1.09. The first-order valence-electron chi connectivity index (χ1n) is 13.6. The first kappa shape index (κ1) is 30.0. The molecule has 0 N–H and O–H groups in total. The molecule has 9 nitrogen and oxygen atoms in total. The molecule has 0 fully saturated rings. The first-order chi connectivity index (χ1) is 21.2. The van der Waals surface area contributed by atoms with Gasteiger partial charge in [-0.05, 0) is 73.3 Å². The van der Waals surface area contributed by atoms with Crippen LogP contribution in [0.4, 0.5) is 17.1 Å². The number of pyridine rings is 1. The van der Waals surface area contributed by atoms with Gasteiger partial charge in [0.05, 0.1) is 17.1 Å². The zero-order valence-electron chi connectivity index (χ0n) is 24.5. The molecule has 2 aromatic heterocycles. The molecule has 5 rings (SSSR count). The minimum absolute atomic E-state index is 0.0701. The van der Waals surface area contributed by atoms with Gasteiger partial charge in [0.25, 0.3) is 0 Å². The number of carbonyl (C=O) groups excluding carboxylic acids is 3. The number of thiophene rings is 1. The van der Waals surface area contributed by atoms with E-state index in [2.05, 4.69) is 15.2 Å². The first-order valence-corrected chi connectivity index (χ1v) is 14.5. The molecule has 5 aromatic rings. The third-order valence-corrected chi connectivity index (χ3v) is 7.42. The SMILES string of the molecule is CC(=O)O/N=C(/C)c1ccc(N(c2ccc(C(=O)c3ccccc3)cc2)c2cc(/C(C)=N/OC(C)=O)nc3sccc23)cc1. The Morgan fingerprint density at radius 1 is 0.682 bits per heavy atom. The van der Waals surface area contributed by atoms with Crippen molar-refractivity contribution < 1.29 is 24.1 Å². The van der Waals surface area contributed by atoms with Crippen LogP contribution in [0.3, 0.4) is 0 Å². The largest absolute Gasteiger partial charge is 0.331 e. The molecular weight excluding hydrogens is 576 g/mol. The number of nitrogens with zero attached hydrogens (tertiary/aromatic N) is 4. The van der Waals surface area contributed by atoms with E-state index in [0.29, 0.717) is 28.2 Å². The van der Waals surface area contributed by atoms with E-state index in [1.807, 2.05) is 84.2 Å². The van der Waals surface area contributed by atoms with Crippen LogP contribution in [-0.2, 0) is 19.3 Å². The van der Waals surface area contributed by atoms with Crippen LogP contribution in [0, 0.1) is 0 Å². The molecule has 0 aliphatic carbocycles. The van der Waals surface area contributed by atoms with Crippen LogP contribution >= 0.6 is 11.3 Å². The average Bonchev–Trinajstić information content (AvgIpc) is 3.52. The molecule has 0 unspecified atom stereocenters. The quantitative estimate of drug-likeness (QED) is 0.0738. The van der Waals surface area contributed by atoms with Crippen LogP contribution in [0.25, 0.3) is 10.2 Å². The minimum atomic E-state index is -0.527. The van der Waals surface area contributed by atoms with Crippen molar-refractivity contribution >= 4 is 67.8 Å². The number of benzene rings is 3. The van der Waals surface area contributed by atoms with Gasteiger partial charge in [-0.1, -0.05) is 52.8 Å². The lowest BCUT2D eigenvalue weighted by Crippen LogP contribution is -2.13. The third-order valence-electron chi connectivity index (χ3n) is 6.62. The van der Waals surface area contributed by atoms with Gasteiger partial charge >= 0.3 is 11.9 Å². The molecule has 2 heterocycles. The summed E-state index contributed by atoms with van der Waals surface area (Å²) in [6.45, 7) is 6.06. The fourth-order valence-electron chi connectivity index (χ4n) is 4.46. The topological polar surface area (TPSA) is 111 Å². The van der Waals surface area contributed by atoms with Crippen LogP contribution in [0.5, 0.6) is 0 Å². The number of anilines is 3. The van der Waals surface area contributed by atoms with Gasteiger partial charge in [-0.2, -0.15) is 0 Å². The summed E-state index contributed by atoms with van der Waals surface area (Å²) in [7, 11) is 0. The van der Waals surface area contributed by atoms with Crippen LogP contribution in [0.1, 0.15) is 54.9 Å². The van der Waals surface area contributed by atoms with Gasteiger partial charge in [0, 0.05) is 41.7 Å². The number of aromatic nitrogens is 1. The van der Waals surface area contributed by atoms with Gasteiger partial charge in [0.15, 0.2) is 5.78 Å². The van der Waals surface area contributed by atoms with Crippen molar-refractivity contribution in [3.63, 3.8) is 0 Å². The number of oxime groups is 2. The molecule has 220 valence electrons. The van der Waals surface area contributed by atoms with Gasteiger partial charge in [-0.15, -0.1) is 11.3 Å². The number of carbonyl (C=O) groups is 3. The lowest BCUT2D eigenvalue weighted by atomic mass is 10.0. The highest BCUT2D eigenvalue weighted by atomic mass is 32.1. The Morgan fingerprint density at radius 2 is 1.23 bits per heavy atom. The molecule has 44 heavy (non-hydrogen) atoms. The smallest absolute Gasteiger partial charge is 0.318 e. The van der Waals surface area contributed by atoms with Crippen molar-refractivity contribution in [1.29, 1.82) is 0 Å². The Labute approximate surface area is 258 Å². The van der Waals surface area contributed by atoms with Crippen molar-refractivity contribution in [2.24, 2.45) is 10.3 Å². The minimum Gasteiger partial charge on any atom is -0.318 e. The van der Waals surface area contributed by atoms with E-state index in [1.165, 1.54) is 25.2 Å². The average molecular weight is 605 g/mol. The van der Waals surface area contributed by atoms with E-state index in [-0.39, 0.29) is 5.78 Å². The second-order valence-electron chi connectivity index (χ2n) is 9.81. The Kier molecular flexibility index (Phi) is 9.01. The van der Waals surface area contributed by atoms with Gasteiger partial charge in [0.1, 0.15) is 10.5 Å². The van der Waals surface area contributed by atoms with Gasteiger partial charge < -0.3 is 14.6 Å². The lowest BCUT2D eigenvalue weighted by Gasteiger charge is -2.27. The molecule has 0 aliphatic heterocycles. The van der Waals surface area contributed by atoms with E-state index < -0.39 is 11.9 Å². The summed E-state index contributed by atoms with van der Waals surface area (Å²) < 4.78 is 0. The van der Waals surface area contributed by atoms with E-state index >= 15 is 0 Å². The zero-order valence-corrected chi connectivity index (χ0v) is 25.3. The molecule has 0 spiro atoms. The van der Waals surface area contributed by atoms with Gasteiger partial charge in [-0.25, -0.2) is 14.6 Å². The fourth-order valence-corrected chi connectivity index (χ4v) is 5.25. The monoisotopic (exact) mass is 604 g/mol. The van der Waals surface area contributed by atoms with Crippen LogP contribution in [0.15, 0.2) is 107 Å². The molecule has 0 aliphatic rings. The van der Waals surface area contributed by atoms with E-state index in [0.717, 1.165) is 32.8 Å².